The monoisotopic (exact) mass is 186 g/mol. The SMILES string of the molecule is CC(C)(C)O[C@@H]1OC/C=C/CCO1. The van der Waals surface area contributed by atoms with Crippen LogP contribution in [0.15, 0.2) is 12.2 Å². The molecule has 3 heteroatoms. The molecule has 0 saturated carbocycles. The summed E-state index contributed by atoms with van der Waals surface area (Å²) in [7, 11) is 0. The van der Waals surface area contributed by atoms with E-state index in [9.17, 15) is 0 Å². The molecule has 1 aliphatic rings. The molecule has 1 atom stereocenters. The molecule has 1 heterocycles. The molecule has 0 N–H and O–H groups in total. The Kier molecular flexibility index (Phi) is 3.90. The Morgan fingerprint density at radius 2 is 2.00 bits per heavy atom. The average molecular weight is 186 g/mol. The van der Waals surface area contributed by atoms with Gasteiger partial charge < -0.3 is 14.2 Å². The standard InChI is InChI=1S/C10H18O3/c1-10(2,3)13-9-11-7-5-4-6-8-12-9/h4-5,9H,6-8H2,1-3H3/b5-4+/t9-/m1/s1. The van der Waals surface area contributed by atoms with Crippen LogP contribution in [0.3, 0.4) is 0 Å². The minimum absolute atomic E-state index is 0.229. The zero-order chi connectivity index (χ0) is 9.73. The fraction of sp³-hybridized carbons (Fsp3) is 0.800. The molecule has 1 aliphatic heterocycles. The maximum atomic E-state index is 5.54. The first-order valence-corrected chi connectivity index (χ1v) is 4.64. The Hall–Kier alpha value is -0.380. The zero-order valence-electron chi connectivity index (χ0n) is 8.58. The van der Waals surface area contributed by atoms with Gasteiger partial charge in [-0.15, -0.1) is 0 Å². The van der Waals surface area contributed by atoms with Gasteiger partial charge in [-0.05, 0) is 27.2 Å². The summed E-state index contributed by atoms with van der Waals surface area (Å²) in [6, 6.07) is 0. The second-order valence-electron chi connectivity index (χ2n) is 3.98. The fourth-order valence-corrected chi connectivity index (χ4v) is 0.957. The normalized spacial score (nSPS) is 27.8. The summed E-state index contributed by atoms with van der Waals surface area (Å²) in [6.07, 6.45) is 4.96. The van der Waals surface area contributed by atoms with E-state index < -0.39 is 6.48 Å². The molecule has 0 unspecified atom stereocenters. The van der Waals surface area contributed by atoms with Gasteiger partial charge in [0.2, 0.25) is 0 Å². The quantitative estimate of drug-likeness (QED) is 0.587. The van der Waals surface area contributed by atoms with E-state index in [1.165, 1.54) is 0 Å². The van der Waals surface area contributed by atoms with Crippen LogP contribution in [-0.2, 0) is 14.2 Å². The highest BCUT2D eigenvalue weighted by molar-refractivity contribution is 4.82. The van der Waals surface area contributed by atoms with Gasteiger partial charge in [0.05, 0.1) is 18.8 Å². The van der Waals surface area contributed by atoms with Gasteiger partial charge in [-0.1, -0.05) is 12.2 Å². The number of ether oxygens (including phenoxy) is 3. The van der Waals surface area contributed by atoms with Crippen molar-refractivity contribution in [3.05, 3.63) is 12.2 Å². The van der Waals surface area contributed by atoms with Crippen molar-refractivity contribution in [3.63, 3.8) is 0 Å². The van der Waals surface area contributed by atoms with E-state index in [1.54, 1.807) is 0 Å². The first-order valence-electron chi connectivity index (χ1n) is 4.64. The summed E-state index contributed by atoms with van der Waals surface area (Å²) in [5.74, 6) is 0. The Balaban J connectivity index is 2.36. The van der Waals surface area contributed by atoms with E-state index in [0.717, 1.165) is 6.42 Å². The fourth-order valence-electron chi connectivity index (χ4n) is 0.957. The molecule has 0 radical (unpaired) electrons. The molecule has 0 fully saturated rings. The van der Waals surface area contributed by atoms with Gasteiger partial charge in [-0.25, -0.2) is 0 Å². The number of hydrogen-bond donors (Lipinski definition) is 0. The third-order valence-corrected chi connectivity index (χ3v) is 1.48. The van der Waals surface area contributed by atoms with Crippen LogP contribution in [0.5, 0.6) is 0 Å². The van der Waals surface area contributed by atoms with Crippen LogP contribution in [0.4, 0.5) is 0 Å². The minimum atomic E-state index is -0.523. The Morgan fingerprint density at radius 1 is 1.23 bits per heavy atom. The van der Waals surface area contributed by atoms with Gasteiger partial charge in [0, 0.05) is 0 Å². The van der Waals surface area contributed by atoms with E-state index in [0.29, 0.717) is 13.2 Å². The summed E-state index contributed by atoms with van der Waals surface area (Å²) < 4.78 is 16.2. The lowest BCUT2D eigenvalue weighted by Crippen LogP contribution is -2.32. The lowest BCUT2D eigenvalue weighted by Gasteiger charge is -2.27. The van der Waals surface area contributed by atoms with Crippen molar-refractivity contribution in [1.29, 1.82) is 0 Å². The van der Waals surface area contributed by atoms with Gasteiger partial charge in [-0.2, -0.15) is 0 Å². The molecule has 0 aromatic carbocycles. The summed E-state index contributed by atoms with van der Waals surface area (Å²) in [5.41, 5.74) is -0.229. The van der Waals surface area contributed by atoms with E-state index >= 15 is 0 Å². The molecule has 0 spiro atoms. The van der Waals surface area contributed by atoms with Crippen molar-refractivity contribution in [2.24, 2.45) is 0 Å². The lowest BCUT2D eigenvalue weighted by molar-refractivity contribution is -0.315. The summed E-state index contributed by atoms with van der Waals surface area (Å²) in [6.45, 7) is 6.62. The van der Waals surface area contributed by atoms with Gasteiger partial charge >= 0.3 is 0 Å². The highest BCUT2D eigenvalue weighted by atomic mass is 16.8. The van der Waals surface area contributed by atoms with E-state index in [1.807, 2.05) is 32.9 Å². The summed E-state index contributed by atoms with van der Waals surface area (Å²) >= 11 is 0. The highest BCUT2D eigenvalue weighted by Crippen LogP contribution is 2.13. The summed E-state index contributed by atoms with van der Waals surface area (Å²) in [5, 5.41) is 0. The van der Waals surface area contributed by atoms with E-state index in [4.69, 9.17) is 14.2 Å². The highest BCUT2D eigenvalue weighted by Gasteiger charge is 2.19. The van der Waals surface area contributed by atoms with Crippen molar-refractivity contribution in [3.8, 4) is 0 Å². The molecule has 0 bridgehead atoms. The second kappa shape index (κ2) is 4.74. The van der Waals surface area contributed by atoms with Gasteiger partial charge in [0.15, 0.2) is 0 Å². The topological polar surface area (TPSA) is 27.7 Å². The third kappa shape index (κ3) is 5.03. The van der Waals surface area contributed by atoms with Crippen LogP contribution in [-0.4, -0.2) is 25.3 Å². The molecule has 0 aromatic rings. The van der Waals surface area contributed by atoms with Crippen LogP contribution < -0.4 is 0 Å². The molecule has 0 aromatic heterocycles. The number of hydrogen-bond acceptors (Lipinski definition) is 3. The van der Waals surface area contributed by atoms with Crippen molar-refractivity contribution in [2.45, 2.75) is 39.3 Å². The van der Waals surface area contributed by atoms with Gasteiger partial charge in [0.25, 0.3) is 6.48 Å². The van der Waals surface area contributed by atoms with Gasteiger partial charge in [0.1, 0.15) is 0 Å². The zero-order valence-corrected chi connectivity index (χ0v) is 8.58. The second-order valence-corrected chi connectivity index (χ2v) is 3.98. The molecule has 1 rings (SSSR count). The molecule has 13 heavy (non-hydrogen) atoms. The van der Waals surface area contributed by atoms with Crippen LogP contribution in [0.2, 0.25) is 0 Å². The Morgan fingerprint density at radius 3 is 2.69 bits per heavy atom. The Bertz CT molecular complexity index is 169. The van der Waals surface area contributed by atoms with E-state index in [2.05, 4.69) is 0 Å². The predicted octanol–water partition coefficient (Wildman–Crippen LogP) is 2.08. The number of rotatable bonds is 1. The minimum Gasteiger partial charge on any atom is -0.330 e. The van der Waals surface area contributed by atoms with Crippen LogP contribution in [0.25, 0.3) is 0 Å². The van der Waals surface area contributed by atoms with Crippen LogP contribution in [0, 0.1) is 0 Å². The maximum Gasteiger partial charge on any atom is 0.272 e. The molecule has 0 amide bonds. The molecule has 0 aliphatic carbocycles. The van der Waals surface area contributed by atoms with Crippen molar-refractivity contribution >= 4 is 0 Å². The molecular weight excluding hydrogens is 168 g/mol. The first-order chi connectivity index (χ1) is 6.08. The molecule has 76 valence electrons. The van der Waals surface area contributed by atoms with E-state index in [-0.39, 0.29) is 5.60 Å². The van der Waals surface area contributed by atoms with Crippen molar-refractivity contribution < 1.29 is 14.2 Å². The largest absolute Gasteiger partial charge is 0.330 e. The Labute approximate surface area is 79.7 Å². The predicted molar refractivity (Wildman–Crippen MR) is 50.3 cm³/mol. The average Bonchev–Trinajstić information content (AvgIpc) is 1.92. The summed E-state index contributed by atoms with van der Waals surface area (Å²) in [4.78, 5) is 0. The lowest BCUT2D eigenvalue weighted by atomic mass is 10.2. The van der Waals surface area contributed by atoms with Crippen LogP contribution in [0.1, 0.15) is 27.2 Å². The van der Waals surface area contributed by atoms with Crippen LogP contribution >= 0.6 is 0 Å². The molecule has 3 nitrogen and oxygen atoms in total. The van der Waals surface area contributed by atoms with Crippen molar-refractivity contribution in [1.82, 2.24) is 0 Å². The third-order valence-electron chi connectivity index (χ3n) is 1.48. The molecule has 0 saturated heterocycles. The smallest absolute Gasteiger partial charge is 0.272 e. The molecular formula is C10H18O3. The van der Waals surface area contributed by atoms with Crippen molar-refractivity contribution in [2.75, 3.05) is 13.2 Å². The maximum absolute atomic E-state index is 5.54. The first kappa shape index (κ1) is 10.7. The van der Waals surface area contributed by atoms with Gasteiger partial charge in [-0.3, -0.25) is 0 Å².